The maximum Gasteiger partial charge on any atom is 0.144 e. The lowest BCUT2D eigenvalue weighted by atomic mass is 10.0. The summed E-state index contributed by atoms with van der Waals surface area (Å²) in [5.74, 6) is 0.853. The normalized spacial score (nSPS) is 14.1. The molecule has 0 saturated heterocycles. The highest BCUT2D eigenvalue weighted by Crippen LogP contribution is 2.29. The molecule has 2 aromatic heterocycles. The van der Waals surface area contributed by atoms with Gasteiger partial charge in [0.25, 0.3) is 0 Å². The van der Waals surface area contributed by atoms with Crippen LogP contribution in [0.5, 0.6) is 5.75 Å². The molecule has 0 atom stereocenters. The molecule has 0 unspecified atom stereocenters. The van der Waals surface area contributed by atoms with Crippen LogP contribution < -0.4 is 4.74 Å². The first-order valence-corrected chi connectivity index (χ1v) is 12.1. The summed E-state index contributed by atoms with van der Waals surface area (Å²) < 4.78 is 5.82. The van der Waals surface area contributed by atoms with Crippen LogP contribution in [0.25, 0.3) is 17.5 Å². The first kappa shape index (κ1) is 23.7. The summed E-state index contributed by atoms with van der Waals surface area (Å²) in [6.45, 7) is 2.63. The van der Waals surface area contributed by atoms with Crippen LogP contribution in [0.15, 0.2) is 47.2 Å². The number of nitrogens with zero attached hydrogens (tertiary/aromatic N) is 2. The number of H-pyrrole nitrogens is 2. The lowest BCUT2D eigenvalue weighted by molar-refractivity contribution is 0.340. The lowest BCUT2D eigenvalue weighted by Gasteiger charge is -2.02. The zero-order valence-corrected chi connectivity index (χ0v) is 19.3. The number of unbranched alkanes of at least 4 members (excludes halogenated alkanes) is 9. The first-order chi connectivity index (χ1) is 15.8. The number of aromatic nitrogens is 2. The molecule has 3 heterocycles. The van der Waals surface area contributed by atoms with Gasteiger partial charge in [0.15, 0.2) is 0 Å². The average molecular weight is 433 g/mol. The Hall–Kier alpha value is -3.00. The number of hydrogen-bond donors (Lipinski definition) is 2. The summed E-state index contributed by atoms with van der Waals surface area (Å²) in [4.78, 5) is 11.5. The van der Waals surface area contributed by atoms with Crippen molar-refractivity contribution in [2.75, 3.05) is 6.61 Å². The molecule has 0 saturated carbocycles. The molecule has 3 rings (SSSR count). The first-order valence-electron chi connectivity index (χ1n) is 12.1. The Labute approximate surface area is 192 Å². The second kappa shape index (κ2) is 13.4. The summed E-state index contributed by atoms with van der Waals surface area (Å²) in [5.41, 5.74) is 5.15. The fourth-order valence-electron chi connectivity index (χ4n) is 4.01. The fourth-order valence-corrected chi connectivity index (χ4v) is 4.01. The molecule has 170 valence electrons. The maximum atomic E-state index is 8.54. The summed E-state index contributed by atoms with van der Waals surface area (Å²) >= 11 is 0. The second-order valence-electron chi connectivity index (χ2n) is 8.32. The number of nitriles is 1. The predicted molar refractivity (Wildman–Crippen MR) is 133 cm³/mol. The minimum Gasteiger partial charge on any atom is -0.492 e. The van der Waals surface area contributed by atoms with Gasteiger partial charge in [-0.25, -0.2) is 0 Å². The topological polar surface area (TPSA) is 77.0 Å². The van der Waals surface area contributed by atoms with E-state index in [1.54, 1.807) is 0 Å². The summed E-state index contributed by atoms with van der Waals surface area (Å²) in [5, 5.41) is 8.54. The molecule has 0 radical (unpaired) electrons. The number of ether oxygens (including phenoxy) is 1. The number of nitrogens with one attached hydrogen (secondary N) is 2. The maximum absolute atomic E-state index is 8.54. The molecule has 5 nitrogen and oxygen atoms in total. The Bertz CT molecular complexity index is 941. The van der Waals surface area contributed by atoms with E-state index < -0.39 is 0 Å². The molecule has 0 aliphatic carbocycles. The monoisotopic (exact) mass is 432 g/mol. The Kier molecular flexibility index (Phi) is 9.92. The van der Waals surface area contributed by atoms with Gasteiger partial charge in [0.1, 0.15) is 5.75 Å². The van der Waals surface area contributed by atoms with Gasteiger partial charge in [0.05, 0.1) is 35.5 Å². The molecule has 0 spiro atoms. The molecule has 2 aromatic rings. The van der Waals surface area contributed by atoms with E-state index in [1.807, 2.05) is 31.3 Å². The van der Waals surface area contributed by atoms with E-state index in [-0.39, 0.29) is 0 Å². The molecule has 1 aliphatic heterocycles. The third-order valence-electron chi connectivity index (χ3n) is 5.73. The minimum atomic E-state index is 0.629. The van der Waals surface area contributed by atoms with E-state index in [1.165, 1.54) is 57.1 Å². The molecule has 32 heavy (non-hydrogen) atoms. The standard InChI is InChI=1S/C27H36N4O/c1-2-32-27-21-25(24-15-13-19-29-24)31-26(27)20-23-17-16-22(30-23)14-11-9-7-5-3-4-6-8-10-12-18-28/h13,15-17,19-21,29,31H,2-12,14H2,1H3. The number of rotatable bonds is 15. The van der Waals surface area contributed by atoms with Crippen LogP contribution in [0, 0.1) is 11.3 Å². The van der Waals surface area contributed by atoms with Gasteiger partial charge in [0.2, 0.25) is 0 Å². The van der Waals surface area contributed by atoms with Gasteiger partial charge in [-0.05, 0) is 56.5 Å². The smallest absolute Gasteiger partial charge is 0.144 e. The Morgan fingerprint density at radius 2 is 1.75 bits per heavy atom. The molecular formula is C27H36N4O. The third kappa shape index (κ3) is 7.60. The molecule has 0 bridgehead atoms. The summed E-state index contributed by atoms with van der Waals surface area (Å²) in [7, 11) is 0. The average Bonchev–Trinajstić information content (AvgIpc) is 3.55. The Balaban J connectivity index is 1.40. The Morgan fingerprint density at radius 1 is 1.00 bits per heavy atom. The second-order valence-corrected chi connectivity index (χ2v) is 8.32. The van der Waals surface area contributed by atoms with Crippen LogP contribution in [-0.2, 0) is 0 Å². The number of aliphatic imine (C=N–C) groups is 1. The Morgan fingerprint density at radius 3 is 2.44 bits per heavy atom. The van der Waals surface area contributed by atoms with Crippen molar-refractivity contribution in [3.05, 3.63) is 47.9 Å². The van der Waals surface area contributed by atoms with Gasteiger partial charge in [0, 0.05) is 24.4 Å². The number of allylic oxidation sites excluding steroid dienone is 2. The SMILES string of the molecule is CCOc1cc(-c2ccc[nH]2)[nH]c1C=C1C=CC(CCCCCCCCCCCC#N)=N1. The van der Waals surface area contributed by atoms with Gasteiger partial charge in [-0.1, -0.05) is 44.9 Å². The van der Waals surface area contributed by atoms with E-state index in [0.717, 1.165) is 41.4 Å². The van der Waals surface area contributed by atoms with Crippen LogP contribution in [0.4, 0.5) is 0 Å². The van der Waals surface area contributed by atoms with Crippen molar-refractivity contribution in [3.8, 4) is 23.2 Å². The van der Waals surface area contributed by atoms with E-state index in [2.05, 4.69) is 34.3 Å². The molecular weight excluding hydrogens is 396 g/mol. The van der Waals surface area contributed by atoms with Gasteiger partial charge in [-0.3, -0.25) is 4.99 Å². The minimum absolute atomic E-state index is 0.629. The molecule has 0 amide bonds. The van der Waals surface area contributed by atoms with Gasteiger partial charge >= 0.3 is 0 Å². The number of aromatic amines is 2. The van der Waals surface area contributed by atoms with E-state index in [9.17, 15) is 0 Å². The number of hydrogen-bond acceptors (Lipinski definition) is 3. The largest absolute Gasteiger partial charge is 0.492 e. The van der Waals surface area contributed by atoms with Crippen molar-refractivity contribution in [2.45, 2.75) is 77.6 Å². The van der Waals surface area contributed by atoms with E-state index in [0.29, 0.717) is 13.0 Å². The molecule has 0 aromatic carbocycles. The van der Waals surface area contributed by atoms with Gasteiger partial charge < -0.3 is 14.7 Å². The predicted octanol–water partition coefficient (Wildman–Crippen LogP) is 7.57. The van der Waals surface area contributed by atoms with Gasteiger partial charge in [-0.15, -0.1) is 0 Å². The van der Waals surface area contributed by atoms with Crippen molar-refractivity contribution in [3.63, 3.8) is 0 Å². The fraction of sp³-hybridized carbons (Fsp3) is 0.481. The third-order valence-corrected chi connectivity index (χ3v) is 5.73. The van der Waals surface area contributed by atoms with Crippen LogP contribution in [0.1, 0.15) is 83.2 Å². The molecule has 2 N–H and O–H groups in total. The van der Waals surface area contributed by atoms with Crippen molar-refractivity contribution in [1.82, 2.24) is 9.97 Å². The molecule has 0 fully saturated rings. The van der Waals surface area contributed by atoms with Crippen LogP contribution >= 0.6 is 0 Å². The highest BCUT2D eigenvalue weighted by Gasteiger charge is 2.12. The summed E-state index contributed by atoms with van der Waals surface area (Å²) in [6, 6.07) is 8.29. The summed E-state index contributed by atoms with van der Waals surface area (Å²) in [6.07, 6.45) is 21.2. The zero-order chi connectivity index (χ0) is 22.4. The van der Waals surface area contributed by atoms with Crippen LogP contribution in [0.3, 0.4) is 0 Å². The van der Waals surface area contributed by atoms with Crippen molar-refractivity contribution >= 4 is 11.8 Å². The zero-order valence-electron chi connectivity index (χ0n) is 19.3. The highest BCUT2D eigenvalue weighted by molar-refractivity contribution is 5.99. The van der Waals surface area contributed by atoms with Crippen molar-refractivity contribution in [2.24, 2.45) is 4.99 Å². The van der Waals surface area contributed by atoms with Gasteiger partial charge in [-0.2, -0.15) is 5.26 Å². The highest BCUT2D eigenvalue weighted by atomic mass is 16.5. The lowest BCUT2D eigenvalue weighted by Crippen LogP contribution is -1.92. The van der Waals surface area contributed by atoms with E-state index in [4.69, 9.17) is 15.0 Å². The molecule has 5 heteroatoms. The van der Waals surface area contributed by atoms with Crippen LogP contribution in [-0.4, -0.2) is 22.3 Å². The molecule has 1 aliphatic rings. The van der Waals surface area contributed by atoms with Crippen molar-refractivity contribution in [1.29, 1.82) is 5.26 Å². The van der Waals surface area contributed by atoms with Crippen molar-refractivity contribution < 1.29 is 4.74 Å². The quantitative estimate of drug-likeness (QED) is 0.285. The van der Waals surface area contributed by atoms with E-state index >= 15 is 0 Å². The van der Waals surface area contributed by atoms with Crippen LogP contribution in [0.2, 0.25) is 0 Å².